The Kier molecular flexibility index (Phi) is 9.62. The summed E-state index contributed by atoms with van der Waals surface area (Å²) in [5, 5.41) is 3.67. The summed E-state index contributed by atoms with van der Waals surface area (Å²) < 4.78 is 10.9. The SMILES string of the molecule is COCc1ccccc1NC(N)=NCC(C)Oc1ccccc1Cl.I. The van der Waals surface area contributed by atoms with Gasteiger partial charge >= 0.3 is 0 Å². The number of guanidine groups is 1. The van der Waals surface area contributed by atoms with Gasteiger partial charge in [-0.3, -0.25) is 0 Å². The summed E-state index contributed by atoms with van der Waals surface area (Å²) in [5.74, 6) is 0.965. The molecule has 1 atom stereocenters. The summed E-state index contributed by atoms with van der Waals surface area (Å²) in [4.78, 5) is 4.32. The molecule has 136 valence electrons. The second-order valence-corrected chi connectivity index (χ2v) is 5.71. The van der Waals surface area contributed by atoms with E-state index in [1.807, 2.05) is 49.4 Å². The summed E-state index contributed by atoms with van der Waals surface area (Å²) in [5.41, 5.74) is 7.85. The zero-order chi connectivity index (χ0) is 17.4. The number of nitrogens with zero attached hydrogens (tertiary/aromatic N) is 1. The van der Waals surface area contributed by atoms with E-state index in [1.165, 1.54) is 0 Å². The van der Waals surface area contributed by atoms with Gasteiger partial charge in [0.05, 0.1) is 18.2 Å². The number of hydrogen-bond donors (Lipinski definition) is 2. The number of para-hydroxylation sites is 2. The highest BCUT2D eigenvalue weighted by atomic mass is 127. The number of benzene rings is 2. The number of halogens is 2. The molecule has 0 aromatic heterocycles. The maximum Gasteiger partial charge on any atom is 0.193 e. The first-order chi connectivity index (χ1) is 11.6. The topological polar surface area (TPSA) is 68.9 Å². The molecule has 25 heavy (non-hydrogen) atoms. The van der Waals surface area contributed by atoms with Gasteiger partial charge in [-0.25, -0.2) is 4.99 Å². The zero-order valence-electron chi connectivity index (χ0n) is 14.2. The third-order valence-electron chi connectivity index (χ3n) is 3.26. The Labute approximate surface area is 170 Å². The lowest BCUT2D eigenvalue weighted by molar-refractivity contribution is 0.185. The molecule has 2 rings (SSSR count). The largest absolute Gasteiger partial charge is 0.487 e. The van der Waals surface area contributed by atoms with Gasteiger partial charge in [0, 0.05) is 18.4 Å². The highest BCUT2D eigenvalue weighted by Gasteiger charge is 2.07. The van der Waals surface area contributed by atoms with Crippen molar-refractivity contribution in [3.63, 3.8) is 0 Å². The molecule has 0 saturated heterocycles. The molecule has 0 spiro atoms. The van der Waals surface area contributed by atoms with Gasteiger partial charge in [-0.15, -0.1) is 24.0 Å². The monoisotopic (exact) mass is 475 g/mol. The average Bonchev–Trinajstić information content (AvgIpc) is 2.57. The molecule has 5 nitrogen and oxygen atoms in total. The standard InChI is InChI=1S/C18H22ClN3O2.HI/c1-13(24-17-10-6-4-8-15(17)19)11-21-18(20)22-16-9-5-3-7-14(16)12-23-2;/h3-10,13H,11-12H2,1-2H3,(H3,20,21,22);1H. The Morgan fingerprint density at radius 3 is 2.60 bits per heavy atom. The van der Waals surface area contributed by atoms with Crippen LogP contribution >= 0.6 is 35.6 Å². The second kappa shape index (κ2) is 11.2. The van der Waals surface area contributed by atoms with Crippen molar-refractivity contribution in [1.29, 1.82) is 0 Å². The van der Waals surface area contributed by atoms with Crippen molar-refractivity contribution in [1.82, 2.24) is 0 Å². The van der Waals surface area contributed by atoms with Gasteiger partial charge in [0.1, 0.15) is 11.9 Å². The van der Waals surface area contributed by atoms with E-state index in [0.29, 0.717) is 29.9 Å². The smallest absolute Gasteiger partial charge is 0.193 e. The quantitative estimate of drug-likeness (QED) is 0.356. The molecule has 0 fully saturated rings. The lowest BCUT2D eigenvalue weighted by Gasteiger charge is -2.15. The van der Waals surface area contributed by atoms with Gasteiger partial charge in [-0.2, -0.15) is 0 Å². The molecule has 0 aliphatic rings. The zero-order valence-corrected chi connectivity index (χ0v) is 17.3. The first-order valence-corrected chi connectivity index (χ1v) is 8.03. The van der Waals surface area contributed by atoms with E-state index in [4.69, 9.17) is 26.8 Å². The number of nitrogens with one attached hydrogen (secondary N) is 1. The molecule has 2 aromatic rings. The molecule has 3 N–H and O–H groups in total. The molecule has 0 saturated carbocycles. The summed E-state index contributed by atoms with van der Waals surface area (Å²) >= 11 is 6.08. The fraction of sp³-hybridized carbons (Fsp3) is 0.278. The van der Waals surface area contributed by atoms with Gasteiger partial charge in [-0.05, 0) is 25.1 Å². The van der Waals surface area contributed by atoms with Crippen molar-refractivity contribution in [3.05, 3.63) is 59.1 Å². The second-order valence-electron chi connectivity index (χ2n) is 5.30. The molecule has 2 aromatic carbocycles. The first-order valence-electron chi connectivity index (χ1n) is 7.65. The van der Waals surface area contributed by atoms with Crippen LogP contribution in [0.2, 0.25) is 5.02 Å². The molecule has 0 aliphatic heterocycles. The van der Waals surface area contributed by atoms with Crippen molar-refractivity contribution >= 4 is 47.2 Å². The first kappa shape index (κ1) is 21.5. The Hall–Kier alpha value is -1.51. The maximum atomic E-state index is 6.08. The van der Waals surface area contributed by atoms with Crippen LogP contribution < -0.4 is 15.8 Å². The molecule has 1 unspecified atom stereocenters. The van der Waals surface area contributed by atoms with Crippen LogP contribution in [0.3, 0.4) is 0 Å². The normalized spacial score (nSPS) is 12.2. The third-order valence-corrected chi connectivity index (χ3v) is 3.58. The van der Waals surface area contributed by atoms with E-state index >= 15 is 0 Å². The van der Waals surface area contributed by atoms with E-state index < -0.39 is 0 Å². The maximum absolute atomic E-state index is 6.08. The van der Waals surface area contributed by atoms with E-state index in [0.717, 1.165) is 11.3 Å². The predicted octanol–water partition coefficient (Wildman–Crippen LogP) is 4.30. The number of aliphatic imine (C=N–C) groups is 1. The van der Waals surface area contributed by atoms with Crippen LogP contribution in [0.25, 0.3) is 0 Å². The minimum Gasteiger partial charge on any atom is -0.487 e. The molecule has 0 bridgehead atoms. The van der Waals surface area contributed by atoms with E-state index in [1.54, 1.807) is 13.2 Å². The average molecular weight is 476 g/mol. The highest BCUT2D eigenvalue weighted by molar-refractivity contribution is 14.0. The number of ether oxygens (including phenoxy) is 2. The Balaban J connectivity index is 0.00000312. The van der Waals surface area contributed by atoms with Gasteiger partial charge < -0.3 is 20.5 Å². The Morgan fingerprint density at radius 2 is 1.88 bits per heavy atom. The Bertz CT molecular complexity index is 698. The molecule has 0 heterocycles. The van der Waals surface area contributed by atoms with Crippen LogP contribution in [0.5, 0.6) is 5.75 Å². The summed E-state index contributed by atoms with van der Waals surface area (Å²) in [7, 11) is 1.65. The summed E-state index contributed by atoms with van der Waals surface area (Å²) in [6.45, 7) is 2.83. The number of rotatable bonds is 7. The molecule has 0 aliphatic carbocycles. The van der Waals surface area contributed by atoms with Crippen LogP contribution in [-0.2, 0) is 11.3 Å². The Morgan fingerprint density at radius 1 is 1.20 bits per heavy atom. The number of nitrogens with two attached hydrogens (primary N) is 1. The summed E-state index contributed by atoms with van der Waals surface area (Å²) in [6, 6.07) is 15.1. The van der Waals surface area contributed by atoms with Crippen molar-refractivity contribution in [3.8, 4) is 5.75 Å². The van der Waals surface area contributed by atoms with Crippen LogP contribution in [0.15, 0.2) is 53.5 Å². The predicted molar refractivity (Wildman–Crippen MR) is 114 cm³/mol. The lowest BCUT2D eigenvalue weighted by Crippen LogP contribution is -2.26. The minimum absolute atomic E-state index is 0. The van der Waals surface area contributed by atoms with Crippen LogP contribution in [0, 0.1) is 0 Å². The lowest BCUT2D eigenvalue weighted by atomic mass is 10.2. The molecule has 0 radical (unpaired) electrons. The van der Waals surface area contributed by atoms with Crippen LogP contribution in [-0.4, -0.2) is 25.7 Å². The minimum atomic E-state index is -0.153. The molecular formula is C18H23ClIN3O2. The molecular weight excluding hydrogens is 453 g/mol. The van der Waals surface area contributed by atoms with Gasteiger partial charge in [0.25, 0.3) is 0 Å². The van der Waals surface area contributed by atoms with Gasteiger partial charge in [-0.1, -0.05) is 41.9 Å². The van der Waals surface area contributed by atoms with E-state index in [-0.39, 0.29) is 30.1 Å². The molecule has 7 heteroatoms. The van der Waals surface area contributed by atoms with Crippen LogP contribution in [0.4, 0.5) is 5.69 Å². The molecule has 0 amide bonds. The number of hydrogen-bond acceptors (Lipinski definition) is 3. The van der Waals surface area contributed by atoms with Crippen molar-refractivity contribution in [2.75, 3.05) is 19.0 Å². The van der Waals surface area contributed by atoms with Crippen molar-refractivity contribution < 1.29 is 9.47 Å². The number of anilines is 1. The van der Waals surface area contributed by atoms with E-state index in [9.17, 15) is 0 Å². The van der Waals surface area contributed by atoms with Gasteiger partial charge in [0.2, 0.25) is 0 Å². The third kappa shape index (κ3) is 7.09. The van der Waals surface area contributed by atoms with Crippen LogP contribution in [0.1, 0.15) is 12.5 Å². The van der Waals surface area contributed by atoms with Crippen molar-refractivity contribution in [2.24, 2.45) is 10.7 Å². The summed E-state index contributed by atoms with van der Waals surface area (Å²) in [6.07, 6.45) is -0.153. The van der Waals surface area contributed by atoms with Gasteiger partial charge in [0.15, 0.2) is 5.96 Å². The van der Waals surface area contributed by atoms with Crippen molar-refractivity contribution in [2.45, 2.75) is 19.6 Å². The fourth-order valence-corrected chi connectivity index (χ4v) is 2.30. The van der Waals surface area contributed by atoms with E-state index in [2.05, 4.69) is 10.3 Å². The fourth-order valence-electron chi connectivity index (χ4n) is 2.12. The number of methoxy groups -OCH3 is 1. The highest BCUT2D eigenvalue weighted by Crippen LogP contribution is 2.24.